The van der Waals surface area contributed by atoms with E-state index in [1.165, 1.54) is 0 Å². The predicted octanol–water partition coefficient (Wildman–Crippen LogP) is -0.563. The van der Waals surface area contributed by atoms with Gasteiger partial charge in [0.25, 0.3) is 0 Å². The van der Waals surface area contributed by atoms with Crippen molar-refractivity contribution in [2.45, 2.75) is 6.54 Å². The number of nitrogens with zero attached hydrogens (tertiary/aromatic N) is 1. The number of pyridine rings is 1. The molecule has 70 valence electrons. The van der Waals surface area contributed by atoms with Gasteiger partial charge in [-0.05, 0) is 12.1 Å². The van der Waals surface area contributed by atoms with Crippen molar-refractivity contribution in [3.05, 3.63) is 23.9 Å². The first-order chi connectivity index (χ1) is 6.22. The molecule has 5 heteroatoms. The number of primary amides is 1. The lowest BCUT2D eigenvalue weighted by Crippen LogP contribution is -2.22. The Labute approximate surface area is 76.1 Å². The molecular weight excluding hydrogens is 168 g/mol. The summed E-state index contributed by atoms with van der Waals surface area (Å²) in [5.41, 5.74) is 11.1. The highest BCUT2D eigenvalue weighted by atomic mass is 16.1. The molecule has 0 aliphatic carbocycles. The minimum atomic E-state index is -0.417. The highest BCUT2D eigenvalue weighted by Gasteiger charge is 1.97. The van der Waals surface area contributed by atoms with Gasteiger partial charge in [-0.25, -0.2) is 4.98 Å². The van der Waals surface area contributed by atoms with Crippen molar-refractivity contribution >= 4 is 11.7 Å². The summed E-state index contributed by atoms with van der Waals surface area (Å²) in [4.78, 5) is 14.6. The second kappa shape index (κ2) is 4.42. The maximum atomic E-state index is 10.4. The number of nitrogens with two attached hydrogens (primary N) is 2. The summed E-state index contributed by atoms with van der Waals surface area (Å²) in [5, 5.41) is 2.78. The van der Waals surface area contributed by atoms with Gasteiger partial charge < -0.3 is 16.8 Å². The van der Waals surface area contributed by atoms with Crippen molar-refractivity contribution < 1.29 is 4.79 Å². The van der Waals surface area contributed by atoms with Crippen molar-refractivity contribution in [2.24, 2.45) is 11.5 Å². The maximum absolute atomic E-state index is 10.4. The minimum absolute atomic E-state index is 0.0843. The summed E-state index contributed by atoms with van der Waals surface area (Å²) in [6.07, 6.45) is 0. The Morgan fingerprint density at radius 3 is 2.92 bits per heavy atom. The summed E-state index contributed by atoms with van der Waals surface area (Å²) in [7, 11) is 0. The van der Waals surface area contributed by atoms with E-state index in [1.54, 1.807) is 6.07 Å². The molecule has 1 amide bonds. The van der Waals surface area contributed by atoms with Gasteiger partial charge in [-0.2, -0.15) is 0 Å². The van der Waals surface area contributed by atoms with E-state index in [-0.39, 0.29) is 6.54 Å². The summed E-state index contributed by atoms with van der Waals surface area (Å²) in [5.74, 6) is 0.196. The Balaban J connectivity index is 2.61. The van der Waals surface area contributed by atoms with Crippen LogP contribution in [-0.4, -0.2) is 17.4 Å². The summed E-state index contributed by atoms with van der Waals surface area (Å²) in [6.45, 7) is 0.465. The zero-order valence-corrected chi connectivity index (χ0v) is 7.16. The first-order valence-corrected chi connectivity index (χ1v) is 3.90. The molecule has 5 N–H and O–H groups in total. The third kappa shape index (κ3) is 3.08. The van der Waals surface area contributed by atoms with Crippen molar-refractivity contribution in [3.8, 4) is 0 Å². The van der Waals surface area contributed by atoms with Crippen LogP contribution in [0.15, 0.2) is 18.2 Å². The summed E-state index contributed by atoms with van der Waals surface area (Å²) in [6, 6.07) is 5.38. The Kier molecular flexibility index (Phi) is 3.22. The number of hydrogen-bond donors (Lipinski definition) is 3. The van der Waals surface area contributed by atoms with Gasteiger partial charge in [0.2, 0.25) is 5.91 Å². The lowest BCUT2D eigenvalue weighted by atomic mass is 10.3. The monoisotopic (exact) mass is 180 g/mol. The fraction of sp³-hybridized carbons (Fsp3) is 0.250. The Morgan fingerprint density at radius 2 is 2.31 bits per heavy atom. The molecule has 0 bridgehead atoms. The van der Waals surface area contributed by atoms with Gasteiger partial charge in [0.15, 0.2) is 0 Å². The average Bonchev–Trinajstić information content (AvgIpc) is 2.15. The lowest BCUT2D eigenvalue weighted by molar-refractivity contribution is -0.116. The van der Waals surface area contributed by atoms with E-state index in [0.29, 0.717) is 12.4 Å². The molecule has 0 saturated carbocycles. The van der Waals surface area contributed by atoms with Crippen LogP contribution in [0, 0.1) is 0 Å². The standard InChI is InChI=1S/C8H12N4O/c9-4-6-2-1-3-8(12-6)11-5-7(10)13/h1-3H,4-5,9H2,(H2,10,13)(H,11,12). The second-order valence-electron chi connectivity index (χ2n) is 2.54. The largest absolute Gasteiger partial charge is 0.368 e. The van der Waals surface area contributed by atoms with Crippen molar-refractivity contribution in [1.29, 1.82) is 0 Å². The molecule has 1 heterocycles. The van der Waals surface area contributed by atoms with Gasteiger partial charge in [-0.3, -0.25) is 4.79 Å². The predicted molar refractivity (Wildman–Crippen MR) is 49.8 cm³/mol. The second-order valence-corrected chi connectivity index (χ2v) is 2.54. The van der Waals surface area contributed by atoms with E-state index < -0.39 is 5.91 Å². The van der Waals surface area contributed by atoms with E-state index >= 15 is 0 Å². The third-order valence-electron chi connectivity index (χ3n) is 1.46. The topological polar surface area (TPSA) is 94.0 Å². The van der Waals surface area contributed by atoms with E-state index in [4.69, 9.17) is 11.5 Å². The Hall–Kier alpha value is -1.62. The van der Waals surface area contributed by atoms with Crippen LogP contribution in [0.1, 0.15) is 5.69 Å². The number of nitrogens with one attached hydrogen (secondary N) is 1. The van der Waals surface area contributed by atoms with E-state index in [1.807, 2.05) is 12.1 Å². The third-order valence-corrected chi connectivity index (χ3v) is 1.46. The fourth-order valence-electron chi connectivity index (χ4n) is 0.869. The van der Waals surface area contributed by atoms with Crippen molar-refractivity contribution in [1.82, 2.24) is 4.98 Å². The normalized spacial score (nSPS) is 9.62. The SMILES string of the molecule is NCc1cccc(NCC(N)=O)n1. The molecule has 13 heavy (non-hydrogen) atoms. The molecule has 1 aromatic heterocycles. The molecule has 0 atom stereocenters. The molecule has 0 unspecified atom stereocenters. The van der Waals surface area contributed by atoms with E-state index in [2.05, 4.69) is 10.3 Å². The molecule has 1 aromatic rings. The lowest BCUT2D eigenvalue weighted by Gasteiger charge is -2.03. The van der Waals surface area contributed by atoms with Crippen LogP contribution in [0.3, 0.4) is 0 Å². The van der Waals surface area contributed by atoms with Gasteiger partial charge in [-0.15, -0.1) is 0 Å². The zero-order chi connectivity index (χ0) is 9.68. The van der Waals surface area contributed by atoms with Gasteiger partial charge in [0.1, 0.15) is 5.82 Å². The number of carbonyl (C=O) groups is 1. The molecule has 0 aliphatic heterocycles. The van der Waals surface area contributed by atoms with Gasteiger partial charge >= 0.3 is 0 Å². The van der Waals surface area contributed by atoms with Crippen LogP contribution in [-0.2, 0) is 11.3 Å². The Bertz CT molecular complexity index is 300. The van der Waals surface area contributed by atoms with Crippen LogP contribution in [0.5, 0.6) is 0 Å². The molecule has 0 aliphatic rings. The number of hydrogen-bond acceptors (Lipinski definition) is 4. The van der Waals surface area contributed by atoms with Gasteiger partial charge in [-0.1, -0.05) is 6.07 Å². The quantitative estimate of drug-likeness (QED) is 0.578. The highest BCUT2D eigenvalue weighted by molar-refractivity contribution is 5.78. The fourth-order valence-corrected chi connectivity index (χ4v) is 0.869. The average molecular weight is 180 g/mol. The summed E-state index contributed by atoms with van der Waals surface area (Å²) >= 11 is 0. The van der Waals surface area contributed by atoms with E-state index in [9.17, 15) is 4.79 Å². The van der Waals surface area contributed by atoms with Gasteiger partial charge in [0.05, 0.1) is 12.2 Å². The van der Waals surface area contributed by atoms with Crippen molar-refractivity contribution in [3.63, 3.8) is 0 Å². The van der Waals surface area contributed by atoms with Crippen LogP contribution in [0.2, 0.25) is 0 Å². The first kappa shape index (κ1) is 9.47. The van der Waals surface area contributed by atoms with Crippen LogP contribution < -0.4 is 16.8 Å². The number of carbonyl (C=O) groups excluding carboxylic acids is 1. The molecule has 0 fully saturated rings. The number of aromatic nitrogens is 1. The summed E-state index contributed by atoms with van der Waals surface area (Å²) < 4.78 is 0. The minimum Gasteiger partial charge on any atom is -0.368 e. The molecule has 0 radical (unpaired) electrons. The molecule has 1 rings (SSSR count). The number of anilines is 1. The smallest absolute Gasteiger partial charge is 0.236 e. The number of amides is 1. The zero-order valence-electron chi connectivity index (χ0n) is 7.16. The molecule has 0 spiro atoms. The maximum Gasteiger partial charge on any atom is 0.236 e. The molecule has 0 aromatic carbocycles. The van der Waals surface area contributed by atoms with Crippen LogP contribution in [0.25, 0.3) is 0 Å². The molecule has 0 saturated heterocycles. The Morgan fingerprint density at radius 1 is 1.54 bits per heavy atom. The first-order valence-electron chi connectivity index (χ1n) is 3.90. The van der Waals surface area contributed by atoms with Crippen molar-refractivity contribution in [2.75, 3.05) is 11.9 Å². The molecular formula is C8H12N4O. The highest BCUT2D eigenvalue weighted by Crippen LogP contribution is 2.03. The number of rotatable bonds is 4. The van der Waals surface area contributed by atoms with Crippen LogP contribution >= 0.6 is 0 Å². The molecule has 5 nitrogen and oxygen atoms in total. The van der Waals surface area contributed by atoms with Crippen LogP contribution in [0.4, 0.5) is 5.82 Å². The van der Waals surface area contributed by atoms with E-state index in [0.717, 1.165) is 5.69 Å². The van der Waals surface area contributed by atoms with Gasteiger partial charge in [0, 0.05) is 6.54 Å².